The monoisotopic (exact) mass is 227 g/mol. The van der Waals surface area contributed by atoms with Crippen LogP contribution in [0.25, 0.3) is 0 Å². The molecule has 1 aliphatic rings. The fourth-order valence-electron chi connectivity index (χ4n) is 1.74. The molecule has 1 fully saturated rings. The maximum absolute atomic E-state index is 13.5. The summed E-state index contributed by atoms with van der Waals surface area (Å²) >= 11 is 0. The summed E-state index contributed by atoms with van der Waals surface area (Å²) in [5.41, 5.74) is -0.0178. The molecular formula is C11H11F2NO2. The van der Waals surface area contributed by atoms with Gasteiger partial charge in [-0.25, -0.2) is 8.78 Å². The second kappa shape index (κ2) is 4.15. The van der Waals surface area contributed by atoms with Gasteiger partial charge in [0.1, 0.15) is 17.6 Å². The highest BCUT2D eigenvalue weighted by atomic mass is 19.1. The molecule has 5 heteroatoms. The maximum atomic E-state index is 13.5. The molecule has 0 radical (unpaired) electrons. The van der Waals surface area contributed by atoms with E-state index >= 15 is 0 Å². The topological polar surface area (TPSA) is 39.2 Å². The van der Waals surface area contributed by atoms with Crippen molar-refractivity contribution in [1.29, 1.82) is 0 Å². The molecule has 0 aromatic carbocycles. The van der Waals surface area contributed by atoms with E-state index in [1.165, 1.54) is 7.11 Å². The molecule has 86 valence electrons. The minimum absolute atomic E-state index is 0.0178. The second-order valence-corrected chi connectivity index (χ2v) is 3.86. The van der Waals surface area contributed by atoms with Gasteiger partial charge < -0.3 is 4.74 Å². The van der Waals surface area contributed by atoms with Crippen molar-refractivity contribution in [2.75, 3.05) is 7.11 Å². The lowest BCUT2D eigenvalue weighted by Gasteiger charge is -2.13. The lowest BCUT2D eigenvalue weighted by Crippen LogP contribution is -2.19. The molecule has 16 heavy (non-hydrogen) atoms. The molecule has 1 aromatic rings. The minimum atomic E-state index is -0.790. The van der Waals surface area contributed by atoms with Crippen molar-refractivity contribution in [2.24, 2.45) is 5.92 Å². The van der Waals surface area contributed by atoms with Gasteiger partial charge in [0.05, 0.1) is 19.0 Å². The van der Waals surface area contributed by atoms with Crippen LogP contribution in [0.2, 0.25) is 0 Å². The van der Waals surface area contributed by atoms with Gasteiger partial charge in [-0.05, 0) is 18.8 Å². The Hall–Kier alpha value is -1.52. The van der Waals surface area contributed by atoms with E-state index in [1.54, 1.807) is 0 Å². The van der Waals surface area contributed by atoms with E-state index in [0.717, 1.165) is 25.1 Å². The molecule has 1 atom stereocenters. The number of hydrogen-bond donors (Lipinski definition) is 0. The average molecular weight is 227 g/mol. The Bertz CT molecular complexity index is 418. The maximum Gasteiger partial charge on any atom is 0.315 e. The molecule has 1 aliphatic carbocycles. The molecule has 0 N–H and O–H groups in total. The molecule has 1 saturated carbocycles. The standard InChI is InChI=1S/C11H11F2NO2/c1-16-11(15)9(6-2-3-6)10-8(13)4-7(12)5-14-10/h4-6,9H,2-3H2,1H3. The van der Waals surface area contributed by atoms with Crippen LogP contribution in [0, 0.1) is 17.6 Å². The summed E-state index contributed by atoms with van der Waals surface area (Å²) in [6.45, 7) is 0. The van der Waals surface area contributed by atoms with Gasteiger partial charge in [-0.15, -0.1) is 0 Å². The third kappa shape index (κ3) is 2.03. The van der Waals surface area contributed by atoms with Crippen LogP contribution in [0.3, 0.4) is 0 Å². The number of rotatable bonds is 3. The molecular weight excluding hydrogens is 216 g/mol. The number of carbonyl (C=O) groups excluding carboxylic acids is 1. The molecule has 1 unspecified atom stereocenters. The Morgan fingerprint density at radius 3 is 2.75 bits per heavy atom. The number of nitrogens with zero attached hydrogens (tertiary/aromatic N) is 1. The summed E-state index contributed by atoms with van der Waals surface area (Å²) in [7, 11) is 1.25. The normalized spacial score (nSPS) is 16.9. The number of carbonyl (C=O) groups is 1. The minimum Gasteiger partial charge on any atom is -0.468 e. The van der Waals surface area contributed by atoms with Gasteiger partial charge >= 0.3 is 5.97 Å². The summed E-state index contributed by atoms with van der Waals surface area (Å²) in [5, 5.41) is 0. The Morgan fingerprint density at radius 2 is 2.25 bits per heavy atom. The van der Waals surface area contributed by atoms with E-state index in [1.807, 2.05) is 0 Å². The quantitative estimate of drug-likeness (QED) is 0.741. The van der Waals surface area contributed by atoms with Gasteiger partial charge in [0.2, 0.25) is 0 Å². The smallest absolute Gasteiger partial charge is 0.315 e. The molecule has 1 heterocycles. The molecule has 1 aromatic heterocycles. The fraction of sp³-hybridized carbons (Fsp3) is 0.455. The van der Waals surface area contributed by atoms with Crippen LogP contribution in [0.4, 0.5) is 8.78 Å². The summed E-state index contributed by atoms with van der Waals surface area (Å²) < 4.78 is 30.8. The van der Waals surface area contributed by atoms with Crippen molar-refractivity contribution in [1.82, 2.24) is 4.98 Å². The second-order valence-electron chi connectivity index (χ2n) is 3.86. The van der Waals surface area contributed by atoms with Crippen LogP contribution in [0.15, 0.2) is 12.3 Å². The lowest BCUT2D eigenvalue weighted by atomic mass is 9.99. The van der Waals surface area contributed by atoms with Crippen LogP contribution >= 0.6 is 0 Å². The summed E-state index contributed by atoms with van der Waals surface area (Å²) in [6, 6.07) is 0.737. The third-order valence-corrected chi connectivity index (χ3v) is 2.68. The van der Waals surface area contributed by atoms with Gasteiger partial charge in [-0.2, -0.15) is 0 Å². The number of aromatic nitrogens is 1. The van der Waals surface area contributed by atoms with E-state index in [2.05, 4.69) is 9.72 Å². The van der Waals surface area contributed by atoms with Gasteiger partial charge in [0.25, 0.3) is 0 Å². The van der Waals surface area contributed by atoms with Crippen LogP contribution < -0.4 is 0 Å². The number of methoxy groups -OCH3 is 1. The van der Waals surface area contributed by atoms with Crippen LogP contribution in [0.5, 0.6) is 0 Å². The fourth-order valence-corrected chi connectivity index (χ4v) is 1.74. The Labute approximate surface area is 91.4 Å². The predicted octanol–water partition coefficient (Wildman–Crippen LogP) is 2.03. The summed E-state index contributed by atoms with van der Waals surface area (Å²) in [4.78, 5) is 15.2. The first kappa shape index (κ1) is 11.0. The Morgan fingerprint density at radius 1 is 1.56 bits per heavy atom. The third-order valence-electron chi connectivity index (χ3n) is 2.68. The highest BCUT2D eigenvalue weighted by Gasteiger charge is 2.40. The zero-order valence-corrected chi connectivity index (χ0v) is 8.74. The molecule has 0 saturated heterocycles. The van der Waals surface area contributed by atoms with Crippen molar-refractivity contribution < 1.29 is 18.3 Å². The number of hydrogen-bond acceptors (Lipinski definition) is 3. The van der Waals surface area contributed by atoms with Crippen molar-refractivity contribution in [3.05, 3.63) is 29.6 Å². The van der Waals surface area contributed by atoms with Crippen LogP contribution in [-0.2, 0) is 9.53 Å². The SMILES string of the molecule is COC(=O)C(c1ncc(F)cc1F)C1CC1. The summed E-state index contributed by atoms with van der Waals surface area (Å²) in [5.74, 6) is -2.69. The van der Waals surface area contributed by atoms with Gasteiger partial charge in [0, 0.05) is 6.07 Å². The first-order valence-electron chi connectivity index (χ1n) is 5.02. The highest BCUT2D eigenvalue weighted by Crippen LogP contribution is 2.43. The van der Waals surface area contributed by atoms with E-state index < -0.39 is 23.5 Å². The first-order valence-corrected chi connectivity index (χ1v) is 5.02. The number of pyridine rings is 1. The molecule has 0 bridgehead atoms. The zero-order valence-electron chi connectivity index (χ0n) is 8.74. The zero-order chi connectivity index (χ0) is 11.7. The Kier molecular flexibility index (Phi) is 2.85. The molecule has 3 nitrogen and oxygen atoms in total. The number of halogens is 2. The Balaban J connectivity index is 2.34. The van der Waals surface area contributed by atoms with E-state index in [-0.39, 0.29) is 11.6 Å². The molecule has 2 rings (SSSR count). The average Bonchev–Trinajstić information content (AvgIpc) is 3.05. The first-order chi connectivity index (χ1) is 7.63. The van der Waals surface area contributed by atoms with Crippen molar-refractivity contribution in [3.63, 3.8) is 0 Å². The van der Waals surface area contributed by atoms with Crippen molar-refractivity contribution >= 4 is 5.97 Å². The largest absolute Gasteiger partial charge is 0.468 e. The van der Waals surface area contributed by atoms with Crippen LogP contribution in [0.1, 0.15) is 24.5 Å². The van der Waals surface area contributed by atoms with Crippen LogP contribution in [-0.4, -0.2) is 18.1 Å². The molecule has 0 spiro atoms. The van der Waals surface area contributed by atoms with Gasteiger partial charge in [-0.3, -0.25) is 9.78 Å². The van der Waals surface area contributed by atoms with Crippen molar-refractivity contribution in [3.8, 4) is 0 Å². The molecule has 0 amide bonds. The number of esters is 1. The van der Waals surface area contributed by atoms with E-state index in [0.29, 0.717) is 0 Å². The van der Waals surface area contributed by atoms with E-state index in [4.69, 9.17) is 0 Å². The predicted molar refractivity (Wildman–Crippen MR) is 51.6 cm³/mol. The lowest BCUT2D eigenvalue weighted by molar-refractivity contribution is -0.143. The summed E-state index contributed by atoms with van der Waals surface area (Å²) in [6.07, 6.45) is 2.60. The molecule has 0 aliphatic heterocycles. The number of ether oxygens (including phenoxy) is 1. The van der Waals surface area contributed by atoms with E-state index in [9.17, 15) is 13.6 Å². The van der Waals surface area contributed by atoms with Gasteiger partial charge in [0.15, 0.2) is 0 Å². The van der Waals surface area contributed by atoms with Crippen molar-refractivity contribution in [2.45, 2.75) is 18.8 Å². The highest BCUT2D eigenvalue weighted by molar-refractivity contribution is 5.78. The van der Waals surface area contributed by atoms with Gasteiger partial charge in [-0.1, -0.05) is 0 Å².